The number of nitrogens with zero attached hydrogens (tertiary/aromatic N) is 1. The fourth-order valence-electron chi connectivity index (χ4n) is 4.30. The molecule has 1 aliphatic rings. The zero-order valence-electron chi connectivity index (χ0n) is 20.0. The molecule has 3 aromatic carbocycles. The van der Waals surface area contributed by atoms with Crippen molar-refractivity contribution in [3.8, 4) is 16.9 Å². The Labute approximate surface area is 207 Å². The van der Waals surface area contributed by atoms with Crippen LogP contribution in [0, 0.1) is 5.82 Å². The topological polar surface area (TPSA) is 70.7 Å². The van der Waals surface area contributed by atoms with Gasteiger partial charge in [0.15, 0.2) is 0 Å². The second kappa shape index (κ2) is 11.8. The van der Waals surface area contributed by atoms with E-state index in [4.69, 9.17) is 4.74 Å². The molecule has 6 nitrogen and oxygen atoms in total. The van der Waals surface area contributed by atoms with Gasteiger partial charge in [-0.05, 0) is 79.0 Å². The van der Waals surface area contributed by atoms with E-state index in [0.29, 0.717) is 25.4 Å². The Morgan fingerprint density at radius 1 is 0.943 bits per heavy atom. The Bertz CT molecular complexity index is 1230. The highest BCUT2D eigenvalue weighted by Gasteiger charge is 2.17. The second-order valence-corrected chi connectivity index (χ2v) is 10.5. The summed E-state index contributed by atoms with van der Waals surface area (Å²) in [6.45, 7) is 4.39. The van der Waals surface area contributed by atoms with Crippen molar-refractivity contribution < 1.29 is 17.5 Å². The number of ether oxygens (including phenoxy) is 1. The molecule has 2 N–H and O–H groups in total. The van der Waals surface area contributed by atoms with Crippen molar-refractivity contribution in [1.29, 1.82) is 0 Å². The summed E-state index contributed by atoms with van der Waals surface area (Å²) in [6, 6.07) is 19.2. The molecule has 186 valence electrons. The summed E-state index contributed by atoms with van der Waals surface area (Å²) in [5.74, 6) is 0.420. The molecule has 0 saturated carbocycles. The smallest absolute Gasteiger partial charge is 0.240 e. The molecule has 0 amide bonds. The fourth-order valence-corrected chi connectivity index (χ4v) is 5.37. The Balaban J connectivity index is 1.45. The van der Waals surface area contributed by atoms with Crippen LogP contribution in [0.4, 0.5) is 4.39 Å². The zero-order valence-corrected chi connectivity index (χ0v) is 20.8. The third kappa shape index (κ3) is 6.89. The van der Waals surface area contributed by atoms with Gasteiger partial charge in [-0.15, -0.1) is 0 Å². The first-order valence-corrected chi connectivity index (χ1v) is 13.4. The van der Waals surface area contributed by atoms with Crippen LogP contribution in [0.15, 0.2) is 71.6 Å². The third-order valence-electron chi connectivity index (χ3n) is 6.21. The zero-order chi connectivity index (χ0) is 24.7. The molecule has 0 atom stereocenters. The van der Waals surface area contributed by atoms with E-state index in [1.165, 1.54) is 25.0 Å². The van der Waals surface area contributed by atoms with Crippen LogP contribution in [0.5, 0.6) is 5.75 Å². The lowest BCUT2D eigenvalue weighted by Crippen LogP contribution is -2.33. The first kappa shape index (κ1) is 25.3. The van der Waals surface area contributed by atoms with Crippen LogP contribution >= 0.6 is 0 Å². The van der Waals surface area contributed by atoms with Gasteiger partial charge in [0, 0.05) is 31.7 Å². The van der Waals surface area contributed by atoms with Crippen LogP contribution in [-0.4, -0.2) is 46.6 Å². The fraction of sp³-hybridized carbons (Fsp3) is 0.333. The van der Waals surface area contributed by atoms with E-state index in [1.807, 2.05) is 24.3 Å². The Morgan fingerprint density at radius 2 is 1.66 bits per heavy atom. The molecule has 0 radical (unpaired) electrons. The summed E-state index contributed by atoms with van der Waals surface area (Å²) in [4.78, 5) is 2.51. The molecule has 0 aliphatic carbocycles. The molecule has 8 heteroatoms. The highest BCUT2D eigenvalue weighted by atomic mass is 32.2. The van der Waals surface area contributed by atoms with Crippen molar-refractivity contribution >= 4 is 10.0 Å². The standard InChI is InChI=1S/C27H32FN3O3S/c1-34-27-12-9-22(20-29-19-21-7-10-24(28)11-8-21)17-26(27)23-5-4-6-25(18-23)35(32,33)30-13-16-31-14-2-3-15-31/h4-12,17-18,29-30H,2-3,13-16,19-20H2,1H3. The number of methoxy groups -OCH3 is 1. The minimum atomic E-state index is -3.62. The van der Waals surface area contributed by atoms with Gasteiger partial charge in [-0.1, -0.05) is 30.3 Å². The molecule has 4 rings (SSSR count). The number of nitrogens with one attached hydrogen (secondary N) is 2. The van der Waals surface area contributed by atoms with Crippen LogP contribution in [0.3, 0.4) is 0 Å². The summed E-state index contributed by atoms with van der Waals surface area (Å²) in [6.07, 6.45) is 2.36. The van der Waals surface area contributed by atoms with Crippen molar-refractivity contribution in [3.05, 3.63) is 83.7 Å². The van der Waals surface area contributed by atoms with Gasteiger partial charge >= 0.3 is 0 Å². The maximum absolute atomic E-state index is 13.1. The van der Waals surface area contributed by atoms with Gasteiger partial charge in [0.05, 0.1) is 12.0 Å². The number of rotatable bonds is 11. The summed E-state index contributed by atoms with van der Waals surface area (Å²) in [5.41, 5.74) is 3.61. The Morgan fingerprint density at radius 3 is 2.40 bits per heavy atom. The molecule has 1 fully saturated rings. The lowest BCUT2D eigenvalue weighted by Gasteiger charge is -2.15. The highest BCUT2D eigenvalue weighted by Crippen LogP contribution is 2.32. The van der Waals surface area contributed by atoms with Crippen LogP contribution in [0.25, 0.3) is 11.1 Å². The van der Waals surface area contributed by atoms with Gasteiger partial charge in [0.25, 0.3) is 0 Å². The summed E-state index contributed by atoms with van der Waals surface area (Å²) >= 11 is 0. The molecule has 1 aliphatic heterocycles. The normalized spacial score (nSPS) is 14.3. The molecular formula is C27H32FN3O3S. The molecule has 0 unspecified atom stereocenters. The van der Waals surface area contributed by atoms with E-state index < -0.39 is 10.0 Å². The monoisotopic (exact) mass is 497 g/mol. The number of hydrogen-bond acceptors (Lipinski definition) is 5. The van der Waals surface area contributed by atoms with Crippen molar-refractivity contribution in [2.24, 2.45) is 0 Å². The van der Waals surface area contributed by atoms with E-state index in [-0.39, 0.29) is 10.7 Å². The van der Waals surface area contributed by atoms with Gasteiger partial charge in [0.1, 0.15) is 11.6 Å². The minimum Gasteiger partial charge on any atom is -0.496 e. The lowest BCUT2D eigenvalue weighted by atomic mass is 10.0. The molecule has 1 saturated heterocycles. The maximum atomic E-state index is 13.1. The first-order chi connectivity index (χ1) is 16.9. The highest BCUT2D eigenvalue weighted by molar-refractivity contribution is 7.89. The van der Waals surface area contributed by atoms with E-state index in [1.54, 1.807) is 37.4 Å². The largest absolute Gasteiger partial charge is 0.496 e. The van der Waals surface area contributed by atoms with Crippen molar-refractivity contribution in [2.75, 3.05) is 33.3 Å². The van der Waals surface area contributed by atoms with Gasteiger partial charge in [0.2, 0.25) is 10.0 Å². The number of likely N-dealkylation sites (tertiary alicyclic amines) is 1. The molecular weight excluding hydrogens is 465 g/mol. The van der Waals surface area contributed by atoms with Gasteiger partial charge in [-0.3, -0.25) is 0 Å². The van der Waals surface area contributed by atoms with Gasteiger partial charge < -0.3 is 15.0 Å². The van der Waals surface area contributed by atoms with E-state index in [0.717, 1.165) is 41.9 Å². The molecule has 0 spiro atoms. The van der Waals surface area contributed by atoms with Crippen LogP contribution in [0.1, 0.15) is 24.0 Å². The van der Waals surface area contributed by atoms with Gasteiger partial charge in [-0.25, -0.2) is 17.5 Å². The average Bonchev–Trinajstić information content (AvgIpc) is 3.39. The summed E-state index contributed by atoms with van der Waals surface area (Å²) in [7, 11) is -2.01. The average molecular weight is 498 g/mol. The summed E-state index contributed by atoms with van der Waals surface area (Å²) in [5, 5.41) is 3.36. The Hall–Kier alpha value is -2.78. The Kier molecular flexibility index (Phi) is 8.51. The predicted octanol–water partition coefficient (Wildman–Crippen LogP) is 4.17. The predicted molar refractivity (Wildman–Crippen MR) is 136 cm³/mol. The minimum absolute atomic E-state index is 0.235. The number of hydrogen-bond donors (Lipinski definition) is 2. The third-order valence-corrected chi connectivity index (χ3v) is 7.67. The molecule has 0 aromatic heterocycles. The van der Waals surface area contributed by atoms with Crippen molar-refractivity contribution in [2.45, 2.75) is 30.8 Å². The SMILES string of the molecule is COc1ccc(CNCc2ccc(F)cc2)cc1-c1cccc(S(=O)(=O)NCCN2CCCC2)c1. The molecule has 3 aromatic rings. The van der Waals surface area contributed by atoms with Crippen molar-refractivity contribution in [3.63, 3.8) is 0 Å². The van der Waals surface area contributed by atoms with E-state index in [2.05, 4.69) is 14.9 Å². The lowest BCUT2D eigenvalue weighted by molar-refractivity contribution is 0.344. The number of halogens is 1. The second-order valence-electron chi connectivity index (χ2n) is 8.74. The van der Waals surface area contributed by atoms with Crippen molar-refractivity contribution in [1.82, 2.24) is 14.9 Å². The van der Waals surface area contributed by atoms with E-state index >= 15 is 0 Å². The first-order valence-electron chi connectivity index (χ1n) is 11.9. The number of benzene rings is 3. The van der Waals surface area contributed by atoms with Crippen LogP contribution < -0.4 is 14.8 Å². The molecule has 35 heavy (non-hydrogen) atoms. The van der Waals surface area contributed by atoms with Crippen LogP contribution in [0.2, 0.25) is 0 Å². The van der Waals surface area contributed by atoms with Crippen LogP contribution in [-0.2, 0) is 23.1 Å². The summed E-state index contributed by atoms with van der Waals surface area (Å²) < 4.78 is 47.2. The molecule has 0 bridgehead atoms. The maximum Gasteiger partial charge on any atom is 0.240 e. The molecule has 1 heterocycles. The van der Waals surface area contributed by atoms with E-state index in [9.17, 15) is 12.8 Å². The number of sulfonamides is 1. The quantitative estimate of drug-likeness (QED) is 0.416. The van der Waals surface area contributed by atoms with Gasteiger partial charge in [-0.2, -0.15) is 0 Å².